The highest BCUT2D eigenvalue weighted by atomic mass is 35.5. The molecule has 1 fully saturated rings. The number of halogens is 2. The lowest BCUT2D eigenvalue weighted by molar-refractivity contribution is -0.0114. The van der Waals surface area contributed by atoms with Gasteiger partial charge >= 0.3 is 0 Å². The van der Waals surface area contributed by atoms with Gasteiger partial charge in [0.25, 0.3) is 5.89 Å². The van der Waals surface area contributed by atoms with Crippen LogP contribution in [0.25, 0.3) is 23.0 Å². The van der Waals surface area contributed by atoms with Crippen LogP contribution in [-0.2, 0) is 17.0 Å². The molecule has 1 aliphatic rings. The lowest BCUT2D eigenvalue weighted by Gasteiger charge is -2.29. The van der Waals surface area contributed by atoms with Crippen LogP contribution in [0.1, 0.15) is 29.7 Å². The Bertz CT molecular complexity index is 1210. The van der Waals surface area contributed by atoms with Crippen LogP contribution in [0, 0.1) is 6.92 Å². The van der Waals surface area contributed by atoms with E-state index < -0.39 is 5.67 Å². The largest absolute Gasteiger partial charge is 0.381 e. The van der Waals surface area contributed by atoms with E-state index in [1.807, 2.05) is 35.9 Å². The van der Waals surface area contributed by atoms with Gasteiger partial charge in [0.05, 0.1) is 6.54 Å². The molecule has 0 N–H and O–H groups in total. The van der Waals surface area contributed by atoms with Crippen molar-refractivity contribution in [3.63, 3.8) is 0 Å². The van der Waals surface area contributed by atoms with E-state index in [4.69, 9.17) is 20.9 Å². The zero-order valence-electron chi connectivity index (χ0n) is 17.5. The minimum atomic E-state index is -1.34. The van der Waals surface area contributed by atoms with Crippen molar-refractivity contribution in [2.45, 2.75) is 32.0 Å². The molecule has 3 aromatic heterocycles. The van der Waals surface area contributed by atoms with Gasteiger partial charge in [-0.15, -0.1) is 0 Å². The molecule has 0 aliphatic carbocycles. The van der Waals surface area contributed by atoms with E-state index in [1.165, 1.54) is 0 Å². The zero-order chi connectivity index (χ0) is 22.1. The summed E-state index contributed by atoms with van der Waals surface area (Å²) in [5, 5.41) is 9.12. The molecule has 1 aromatic carbocycles. The van der Waals surface area contributed by atoms with Crippen LogP contribution >= 0.6 is 11.6 Å². The molecule has 4 heterocycles. The number of hydrogen-bond donors (Lipinski definition) is 0. The summed E-state index contributed by atoms with van der Waals surface area (Å²) in [6.45, 7) is 3.38. The lowest BCUT2D eigenvalue weighted by atomic mass is 9.88. The van der Waals surface area contributed by atoms with Crippen LogP contribution < -0.4 is 0 Å². The predicted octanol–water partition coefficient (Wildman–Crippen LogP) is 4.98. The number of aryl methyl sites for hydroxylation is 1. The number of ether oxygens (including phenoxy) is 1. The lowest BCUT2D eigenvalue weighted by Crippen LogP contribution is -2.29. The fourth-order valence-electron chi connectivity index (χ4n) is 3.79. The van der Waals surface area contributed by atoms with Crippen LogP contribution in [-0.4, -0.2) is 38.1 Å². The third kappa shape index (κ3) is 4.16. The van der Waals surface area contributed by atoms with Crippen molar-refractivity contribution >= 4 is 11.6 Å². The van der Waals surface area contributed by atoms with Gasteiger partial charge in [-0.05, 0) is 30.2 Å². The van der Waals surface area contributed by atoms with Crippen molar-refractivity contribution in [2.75, 3.05) is 13.2 Å². The quantitative estimate of drug-likeness (QED) is 0.396. The third-order valence-electron chi connectivity index (χ3n) is 5.69. The first kappa shape index (κ1) is 20.8. The van der Waals surface area contributed by atoms with Gasteiger partial charge in [-0.1, -0.05) is 47.1 Å². The smallest absolute Gasteiger partial charge is 0.278 e. The van der Waals surface area contributed by atoms with Crippen molar-refractivity contribution in [2.24, 2.45) is 0 Å². The molecule has 0 saturated carbocycles. The minimum Gasteiger partial charge on any atom is -0.381 e. The van der Waals surface area contributed by atoms with E-state index in [2.05, 4.69) is 20.2 Å². The molecule has 1 aliphatic heterocycles. The molecule has 5 rings (SSSR count). The molecule has 7 nitrogen and oxygen atoms in total. The number of aromatic nitrogens is 5. The molecule has 4 aromatic rings. The molecule has 32 heavy (non-hydrogen) atoms. The second kappa shape index (κ2) is 8.44. The first-order valence-corrected chi connectivity index (χ1v) is 10.7. The molecule has 0 atom stereocenters. The Morgan fingerprint density at radius 3 is 2.62 bits per heavy atom. The molecule has 9 heteroatoms. The van der Waals surface area contributed by atoms with Crippen molar-refractivity contribution in [3.8, 4) is 23.0 Å². The molecule has 0 amide bonds. The summed E-state index contributed by atoms with van der Waals surface area (Å²) in [6, 6.07) is 12.8. The number of nitrogens with zero attached hydrogens (tertiary/aromatic N) is 5. The molecule has 0 unspecified atom stereocenters. The molecule has 0 radical (unpaired) electrons. The summed E-state index contributed by atoms with van der Waals surface area (Å²) >= 11 is 5.85. The number of pyridine rings is 1. The first-order valence-electron chi connectivity index (χ1n) is 10.4. The molecule has 1 saturated heterocycles. The topological polar surface area (TPSA) is 78.9 Å². The fraction of sp³-hybridized carbons (Fsp3) is 0.304. The Hall–Kier alpha value is -3.10. The van der Waals surface area contributed by atoms with E-state index >= 15 is 4.39 Å². The molecule has 0 spiro atoms. The standard InChI is InChI=1S/C23H21ClFN5O2/c1-15-12-19(28-30(15)14-16-2-7-20(24)26-13-16)22-27-21(29-32-22)17-3-5-18(6-4-17)23(25)8-10-31-11-9-23/h2-7,12-13H,8-11,14H2,1H3. The Morgan fingerprint density at radius 1 is 1.12 bits per heavy atom. The monoisotopic (exact) mass is 453 g/mol. The molecular weight excluding hydrogens is 433 g/mol. The van der Waals surface area contributed by atoms with Gasteiger partial charge in [0.2, 0.25) is 5.82 Å². The maximum Gasteiger partial charge on any atom is 0.278 e. The summed E-state index contributed by atoms with van der Waals surface area (Å²) in [4.78, 5) is 8.59. The van der Waals surface area contributed by atoms with Gasteiger partial charge in [0.15, 0.2) is 5.69 Å². The van der Waals surface area contributed by atoms with Gasteiger partial charge in [-0.2, -0.15) is 10.1 Å². The molecule has 164 valence electrons. The van der Waals surface area contributed by atoms with Crippen molar-refractivity contribution < 1.29 is 13.7 Å². The van der Waals surface area contributed by atoms with E-state index in [9.17, 15) is 0 Å². The highest BCUT2D eigenvalue weighted by molar-refractivity contribution is 6.29. The predicted molar refractivity (Wildman–Crippen MR) is 117 cm³/mol. The first-order chi connectivity index (χ1) is 15.5. The number of benzene rings is 1. The maximum absolute atomic E-state index is 15.1. The van der Waals surface area contributed by atoms with Crippen LogP contribution in [0.3, 0.4) is 0 Å². The fourth-order valence-corrected chi connectivity index (χ4v) is 3.91. The Labute approximate surface area is 189 Å². The Morgan fingerprint density at radius 2 is 1.91 bits per heavy atom. The second-order valence-electron chi connectivity index (χ2n) is 7.90. The Balaban J connectivity index is 1.34. The van der Waals surface area contributed by atoms with Crippen LogP contribution in [0.2, 0.25) is 5.15 Å². The van der Waals surface area contributed by atoms with Crippen molar-refractivity contribution in [3.05, 3.63) is 70.6 Å². The number of alkyl halides is 1. The SMILES string of the molecule is Cc1cc(-c2nc(-c3ccc(C4(F)CCOCC4)cc3)no2)nn1Cc1ccc(Cl)nc1. The third-order valence-corrected chi connectivity index (χ3v) is 5.92. The maximum atomic E-state index is 15.1. The van der Waals surface area contributed by atoms with Gasteiger partial charge in [0.1, 0.15) is 10.8 Å². The van der Waals surface area contributed by atoms with Crippen LogP contribution in [0.5, 0.6) is 0 Å². The molecule has 0 bridgehead atoms. The highest BCUT2D eigenvalue weighted by Crippen LogP contribution is 2.37. The van der Waals surface area contributed by atoms with E-state index in [0.29, 0.717) is 60.7 Å². The zero-order valence-corrected chi connectivity index (χ0v) is 18.2. The highest BCUT2D eigenvalue weighted by Gasteiger charge is 2.34. The summed E-state index contributed by atoms with van der Waals surface area (Å²) in [5.41, 5.74) is 2.58. The van der Waals surface area contributed by atoms with Crippen LogP contribution in [0.4, 0.5) is 4.39 Å². The van der Waals surface area contributed by atoms with Gasteiger partial charge in [-0.3, -0.25) is 4.68 Å². The summed E-state index contributed by atoms with van der Waals surface area (Å²) in [6.07, 6.45) is 2.46. The van der Waals surface area contributed by atoms with Gasteiger partial charge in [-0.25, -0.2) is 9.37 Å². The van der Waals surface area contributed by atoms with Crippen molar-refractivity contribution in [1.29, 1.82) is 0 Å². The number of hydrogen-bond acceptors (Lipinski definition) is 6. The van der Waals surface area contributed by atoms with E-state index in [-0.39, 0.29) is 0 Å². The normalized spacial score (nSPS) is 15.7. The van der Waals surface area contributed by atoms with Crippen LogP contribution in [0.15, 0.2) is 53.2 Å². The molecular formula is C23H21ClFN5O2. The average molecular weight is 454 g/mol. The average Bonchev–Trinajstić information content (AvgIpc) is 3.43. The summed E-state index contributed by atoms with van der Waals surface area (Å²) in [7, 11) is 0. The second-order valence-corrected chi connectivity index (χ2v) is 8.28. The van der Waals surface area contributed by atoms with Crippen molar-refractivity contribution in [1.82, 2.24) is 24.9 Å². The summed E-state index contributed by atoms with van der Waals surface area (Å²) < 4.78 is 27.7. The number of rotatable bonds is 5. The van der Waals surface area contributed by atoms with E-state index in [1.54, 1.807) is 24.4 Å². The minimum absolute atomic E-state index is 0.326. The van der Waals surface area contributed by atoms with Gasteiger partial charge < -0.3 is 9.26 Å². The van der Waals surface area contributed by atoms with E-state index in [0.717, 1.165) is 16.8 Å². The Kier molecular flexibility index (Phi) is 5.48. The summed E-state index contributed by atoms with van der Waals surface area (Å²) in [5.74, 6) is 0.757. The van der Waals surface area contributed by atoms with Gasteiger partial charge in [0, 0.05) is 43.5 Å².